The highest BCUT2D eigenvalue weighted by Gasteiger charge is 1.93. The number of aliphatic carboxylic acids is 1. The molecular weight excluding hydrogens is 220 g/mol. The molecule has 1 N–H and O–H groups in total. The minimum absolute atomic E-state index is 0.372. The molecule has 0 fully saturated rings. The summed E-state index contributed by atoms with van der Waals surface area (Å²) in [4.78, 5) is 21.4. The Hall–Kier alpha value is -2.36. The van der Waals surface area contributed by atoms with E-state index >= 15 is 0 Å². The van der Waals surface area contributed by atoms with Gasteiger partial charge in [-0.2, -0.15) is 0 Å². The Bertz CT molecular complexity index is 455. The minimum atomic E-state index is -1.14. The molecule has 4 heteroatoms. The van der Waals surface area contributed by atoms with E-state index in [2.05, 4.69) is 0 Å². The number of rotatable bonds is 5. The Morgan fingerprint density at radius 3 is 2.29 bits per heavy atom. The van der Waals surface area contributed by atoms with Crippen LogP contribution in [-0.4, -0.2) is 24.0 Å². The topological polar surface area (TPSA) is 63.6 Å². The molecule has 0 radical (unpaired) electrons. The number of carbonyl (C=O) groups excluding carboxylic acids is 1. The van der Waals surface area contributed by atoms with Gasteiger partial charge >= 0.3 is 5.97 Å². The zero-order valence-electron chi connectivity index (χ0n) is 9.29. The SMILES string of the molecule is COc1ccc(/C=C/C(=O)/C=C/C(=O)O)cc1. The lowest BCUT2D eigenvalue weighted by Crippen LogP contribution is -1.91. The zero-order chi connectivity index (χ0) is 12.7. The van der Waals surface area contributed by atoms with Crippen LogP contribution in [0.15, 0.2) is 42.5 Å². The molecule has 0 aromatic heterocycles. The lowest BCUT2D eigenvalue weighted by atomic mass is 10.2. The summed E-state index contributed by atoms with van der Waals surface area (Å²) in [5.41, 5.74) is 0.836. The molecule has 1 aromatic carbocycles. The minimum Gasteiger partial charge on any atom is -0.497 e. The van der Waals surface area contributed by atoms with Crippen LogP contribution in [-0.2, 0) is 9.59 Å². The average Bonchev–Trinajstić information content (AvgIpc) is 2.34. The molecule has 0 aliphatic heterocycles. The Balaban J connectivity index is 2.63. The lowest BCUT2D eigenvalue weighted by Gasteiger charge is -1.98. The Morgan fingerprint density at radius 2 is 1.76 bits per heavy atom. The van der Waals surface area contributed by atoms with Gasteiger partial charge < -0.3 is 9.84 Å². The van der Waals surface area contributed by atoms with E-state index in [1.165, 1.54) is 6.08 Å². The number of ether oxygens (including phenoxy) is 1. The van der Waals surface area contributed by atoms with Crippen LogP contribution in [0.1, 0.15) is 5.56 Å². The van der Waals surface area contributed by atoms with Crippen LogP contribution < -0.4 is 4.74 Å². The van der Waals surface area contributed by atoms with Gasteiger partial charge in [-0.05, 0) is 29.8 Å². The molecule has 0 saturated carbocycles. The molecule has 1 rings (SSSR count). The summed E-state index contributed by atoms with van der Waals surface area (Å²) in [5.74, 6) is -0.779. The number of hydrogen-bond acceptors (Lipinski definition) is 3. The van der Waals surface area contributed by atoms with E-state index in [0.29, 0.717) is 0 Å². The number of methoxy groups -OCH3 is 1. The molecule has 4 nitrogen and oxygen atoms in total. The van der Waals surface area contributed by atoms with E-state index < -0.39 is 5.97 Å². The second kappa shape index (κ2) is 6.27. The van der Waals surface area contributed by atoms with Crippen molar-refractivity contribution in [2.24, 2.45) is 0 Å². The monoisotopic (exact) mass is 232 g/mol. The fourth-order valence-electron chi connectivity index (χ4n) is 1.10. The number of carboxylic acids is 1. The lowest BCUT2D eigenvalue weighted by molar-refractivity contribution is -0.131. The van der Waals surface area contributed by atoms with Crippen LogP contribution in [0.3, 0.4) is 0 Å². The van der Waals surface area contributed by atoms with Crippen molar-refractivity contribution in [1.29, 1.82) is 0 Å². The first-order chi connectivity index (χ1) is 8.11. The van der Waals surface area contributed by atoms with Crippen molar-refractivity contribution >= 4 is 17.8 Å². The van der Waals surface area contributed by atoms with E-state index in [-0.39, 0.29) is 5.78 Å². The number of carbonyl (C=O) groups is 2. The summed E-state index contributed by atoms with van der Waals surface area (Å²) < 4.78 is 4.99. The van der Waals surface area contributed by atoms with Crippen molar-refractivity contribution in [3.8, 4) is 5.75 Å². The summed E-state index contributed by atoms with van der Waals surface area (Å²) >= 11 is 0. The average molecular weight is 232 g/mol. The van der Waals surface area contributed by atoms with E-state index in [1.807, 2.05) is 0 Å². The summed E-state index contributed by atoms with van der Waals surface area (Å²) in [7, 11) is 1.57. The van der Waals surface area contributed by atoms with Crippen molar-refractivity contribution < 1.29 is 19.4 Å². The number of carboxylic acid groups (broad SMARTS) is 1. The van der Waals surface area contributed by atoms with Crippen molar-refractivity contribution in [2.75, 3.05) is 7.11 Å². The van der Waals surface area contributed by atoms with Gasteiger partial charge in [0, 0.05) is 6.08 Å². The summed E-state index contributed by atoms with van der Waals surface area (Å²) in [5, 5.41) is 8.33. The van der Waals surface area contributed by atoms with Crippen molar-refractivity contribution in [2.45, 2.75) is 0 Å². The molecule has 0 spiro atoms. The van der Waals surface area contributed by atoms with Gasteiger partial charge in [0.1, 0.15) is 5.75 Å². The Labute approximate surface area is 98.8 Å². The zero-order valence-corrected chi connectivity index (χ0v) is 9.29. The molecule has 0 aliphatic carbocycles. The van der Waals surface area contributed by atoms with Gasteiger partial charge in [0.15, 0.2) is 5.78 Å². The largest absolute Gasteiger partial charge is 0.497 e. The first-order valence-electron chi connectivity index (χ1n) is 4.89. The third kappa shape index (κ3) is 4.79. The first-order valence-corrected chi connectivity index (χ1v) is 4.89. The fourth-order valence-corrected chi connectivity index (χ4v) is 1.10. The van der Waals surface area contributed by atoms with E-state index in [0.717, 1.165) is 23.5 Å². The highest BCUT2D eigenvalue weighted by Crippen LogP contribution is 2.12. The molecule has 17 heavy (non-hydrogen) atoms. The number of ketones is 1. The van der Waals surface area contributed by atoms with Gasteiger partial charge in [0.25, 0.3) is 0 Å². The van der Waals surface area contributed by atoms with Crippen LogP contribution in [0.25, 0.3) is 6.08 Å². The maximum absolute atomic E-state index is 11.2. The fraction of sp³-hybridized carbons (Fsp3) is 0.0769. The summed E-state index contributed by atoms with van der Waals surface area (Å²) in [6.07, 6.45) is 4.72. The van der Waals surface area contributed by atoms with Crippen LogP contribution in [0.2, 0.25) is 0 Å². The molecular formula is C13H12O4. The van der Waals surface area contributed by atoms with Crippen molar-refractivity contribution in [3.63, 3.8) is 0 Å². The highest BCUT2D eigenvalue weighted by molar-refractivity contribution is 6.04. The normalized spacial score (nSPS) is 10.9. The molecule has 0 unspecified atom stereocenters. The standard InChI is InChI=1S/C13H12O4/c1-17-12-7-3-10(4-8-12)2-5-11(14)6-9-13(15)16/h2-9H,1H3,(H,15,16)/b5-2+,9-6+. The van der Waals surface area contributed by atoms with Gasteiger partial charge in [-0.3, -0.25) is 4.79 Å². The second-order valence-electron chi connectivity index (χ2n) is 3.18. The number of allylic oxidation sites excluding steroid dienone is 2. The van der Waals surface area contributed by atoms with Gasteiger partial charge in [0.2, 0.25) is 0 Å². The third-order valence-corrected chi connectivity index (χ3v) is 1.95. The highest BCUT2D eigenvalue weighted by atomic mass is 16.5. The molecule has 0 amide bonds. The predicted molar refractivity (Wildman–Crippen MR) is 63.8 cm³/mol. The van der Waals surface area contributed by atoms with Gasteiger partial charge in [-0.15, -0.1) is 0 Å². The molecule has 0 bridgehead atoms. The van der Waals surface area contributed by atoms with Gasteiger partial charge in [-0.1, -0.05) is 18.2 Å². The molecule has 1 aromatic rings. The van der Waals surface area contributed by atoms with Crippen LogP contribution in [0.5, 0.6) is 5.75 Å². The van der Waals surface area contributed by atoms with E-state index in [1.54, 1.807) is 37.5 Å². The molecule has 0 saturated heterocycles. The third-order valence-electron chi connectivity index (χ3n) is 1.95. The maximum Gasteiger partial charge on any atom is 0.328 e. The number of benzene rings is 1. The van der Waals surface area contributed by atoms with Crippen molar-refractivity contribution in [1.82, 2.24) is 0 Å². The first kappa shape index (κ1) is 12.7. The van der Waals surface area contributed by atoms with Gasteiger partial charge in [0.05, 0.1) is 7.11 Å². The van der Waals surface area contributed by atoms with E-state index in [4.69, 9.17) is 9.84 Å². The summed E-state index contributed by atoms with van der Waals surface area (Å²) in [6, 6.07) is 7.14. The number of hydrogen-bond donors (Lipinski definition) is 1. The Kier molecular flexibility index (Phi) is 4.69. The molecule has 0 aliphatic rings. The maximum atomic E-state index is 11.2. The quantitative estimate of drug-likeness (QED) is 0.788. The smallest absolute Gasteiger partial charge is 0.328 e. The second-order valence-corrected chi connectivity index (χ2v) is 3.18. The van der Waals surface area contributed by atoms with Crippen LogP contribution in [0, 0.1) is 0 Å². The molecule has 0 heterocycles. The van der Waals surface area contributed by atoms with Crippen molar-refractivity contribution in [3.05, 3.63) is 48.1 Å². The molecule has 88 valence electrons. The van der Waals surface area contributed by atoms with Crippen LogP contribution >= 0.6 is 0 Å². The Morgan fingerprint density at radius 1 is 1.12 bits per heavy atom. The van der Waals surface area contributed by atoms with Crippen LogP contribution in [0.4, 0.5) is 0 Å². The van der Waals surface area contributed by atoms with E-state index in [9.17, 15) is 9.59 Å². The van der Waals surface area contributed by atoms with Gasteiger partial charge in [-0.25, -0.2) is 4.79 Å². The predicted octanol–water partition coefficient (Wildman–Crippen LogP) is 1.92. The summed E-state index contributed by atoms with van der Waals surface area (Å²) in [6.45, 7) is 0. The molecule has 0 atom stereocenters.